The Morgan fingerprint density at radius 3 is 2.65 bits per heavy atom. The standard InChI is InChI=1S/C26H30N4O4/c1-16(31)18-7-10-29(11-8-18)14-17-6-9-27-22(12-17)19-2-3-21-20(13-19)15-30(26(21)34)23-4-5-24(32)28-25(23)33/h2-3,6,9,12-13,16,18,23,31H,4-5,7-8,10-11,14-15H2,1H3,(H,28,32,33). The normalized spacial score (nSPS) is 22.6. The number of hydrogen-bond acceptors (Lipinski definition) is 6. The lowest BCUT2D eigenvalue weighted by atomic mass is 9.92. The highest BCUT2D eigenvalue weighted by atomic mass is 16.3. The Balaban J connectivity index is 1.29. The van der Waals surface area contributed by atoms with Gasteiger partial charge in [-0.05, 0) is 80.6 Å². The van der Waals surface area contributed by atoms with Crippen molar-refractivity contribution in [2.24, 2.45) is 5.92 Å². The molecule has 8 nitrogen and oxygen atoms in total. The van der Waals surface area contributed by atoms with Crippen LogP contribution < -0.4 is 5.32 Å². The lowest BCUT2D eigenvalue weighted by Crippen LogP contribution is -2.52. The van der Waals surface area contributed by atoms with Crippen molar-refractivity contribution < 1.29 is 19.5 Å². The molecule has 2 aromatic rings. The van der Waals surface area contributed by atoms with Gasteiger partial charge in [-0.2, -0.15) is 0 Å². The van der Waals surface area contributed by atoms with Crippen LogP contribution in [0.1, 0.15) is 54.1 Å². The number of fused-ring (bicyclic) bond motifs is 1. The molecule has 5 rings (SSSR count). The number of benzene rings is 1. The van der Waals surface area contributed by atoms with Crippen molar-refractivity contribution in [3.8, 4) is 11.3 Å². The van der Waals surface area contributed by atoms with Gasteiger partial charge in [-0.3, -0.25) is 29.6 Å². The van der Waals surface area contributed by atoms with Crippen LogP contribution in [0.15, 0.2) is 36.5 Å². The first-order valence-electron chi connectivity index (χ1n) is 12.0. The summed E-state index contributed by atoms with van der Waals surface area (Å²) < 4.78 is 0. The number of amides is 3. The molecule has 2 saturated heterocycles. The molecule has 1 aromatic heterocycles. The number of nitrogens with zero attached hydrogens (tertiary/aromatic N) is 3. The van der Waals surface area contributed by atoms with Gasteiger partial charge in [0.1, 0.15) is 6.04 Å². The fourth-order valence-electron chi connectivity index (χ4n) is 5.32. The van der Waals surface area contributed by atoms with Gasteiger partial charge in [0.15, 0.2) is 0 Å². The Labute approximate surface area is 199 Å². The maximum absolute atomic E-state index is 12.9. The molecule has 0 bridgehead atoms. The number of aromatic nitrogens is 1. The van der Waals surface area contributed by atoms with E-state index in [-0.39, 0.29) is 24.3 Å². The molecule has 0 saturated carbocycles. The van der Waals surface area contributed by atoms with Gasteiger partial charge in [0.05, 0.1) is 11.8 Å². The highest BCUT2D eigenvalue weighted by molar-refractivity contribution is 6.05. The average Bonchev–Trinajstić information content (AvgIpc) is 3.15. The number of piperidine rings is 2. The maximum atomic E-state index is 12.9. The van der Waals surface area contributed by atoms with Crippen LogP contribution in [0.2, 0.25) is 0 Å². The number of aliphatic hydroxyl groups excluding tert-OH is 1. The largest absolute Gasteiger partial charge is 0.393 e. The average molecular weight is 463 g/mol. The summed E-state index contributed by atoms with van der Waals surface area (Å²) in [6.45, 7) is 5.03. The molecule has 0 aliphatic carbocycles. The summed E-state index contributed by atoms with van der Waals surface area (Å²) in [6.07, 6.45) is 4.20. The first-order valence-corrected chi connectivity index (χ1v) is 12.0. The molecule has 1 aromatic carbocycles. The summed E-state index contributed by atoms with van der Waals surface area (Å²) >= 11 is 0. The molecule has 2 unspecified atom stereocenters. The van der Waals surface area contributed by atoms with E-state index in [1.807, 2.05) is 37.4 Å². The molecule has 34 heavy (non-hydrogen) atoms. The Hall–Kier alpha value is -3.10. The van der Waals surface area contributed by atoms with Crippen LogP contribution in [-0.2, 0) is 22.7 Å². The highest BCUT2D eigenvalue weighted by Gasteiger charge is 2.39. The minimum absolute atomic E-state index is 0.168. The number of aliphatic hydroxyl groups is 1. The van der Waals surface area contributed by atoms with Crippen LogP contribution in [0.25, 0.3) is 11.3 Å². The third kappa shape index (κ3) is 4.48. The second-order valence-electron chi connectivity index (χ2n) is 9.68. The van der Waals surface area contributed by atoms with E-state index in [4.69, 9.17) is 0 Å². The van der Waals surface area contributed by atoms with Crippen molar-refractivity contribution in [3.63, 3.8) is 0 Å². The molecule has 2 fully saturated rings. The fraction of sp³-hybridized carbons (Fsp3) is 0.462. The summed E-state index contributed by atoms with van der Waals surface area (Å²) in [6, 6.07) is 9.22. The van der Waals surface area contributed by atoms with Gasteiger partial charge in [-0.25, -0.2) is 0 Å². The van der Waals surface area contributed by atoms with E-state index in [1.165, 1.54) is 5.56 Å². The van der Waals surface area contributed by atoms with Gasteiger partial charge in [-0.1, -0.05) is 6.07 Å². The van der Waals surface area contributed by atoms with Crippen LogP contribution in [0.3, 0.4) is 0 Å². The van der Waals surface area contributed by atoms with E-state index in [0.717, 1.165) is 49.3 Å². The zero-order chi connectivity index (χ0) is 23.8. The van der Waals surface area contributed by atoms with Crippen LogP contribution >= 0.6 is 0 Å². The molecule has 4 heterocycles. The molecule has 2 N–H and O–H groups in total. The van der Waals surface area contributed by atoms with Gasteiger partial charge in [0.2, 0.25) is 11.8 Å². The van der Waals surface area contributed by atoms with E-state index in [1.54, 1.807) is 4.90 Å². The number of imide groups is 1. The zero-order valence-corrected chi connectivity index (χ0v) is 19.4. The molecule has 3 aliphatic heterocycles. The third-order valence-electron chi connectivity index (χ3n) is 7.36. The molecule has 2 atom stereocenters. The van der Waals surface area contributed by atoms with E-state index in [0.29, 0.717) is 24.4 Å². The smallest absolute Gasteiger partial charge is 0.255 e. The summed E-state index contributed by atoms with van der Waals surface area (Å²) in [5.41, 5.74) is 4.45. The number of carbonyl (C=O) groups excluding carboxylic acids is 3. The van der Waals surface area contributed by atoms with Gasteiger partial charge in [-0.15, -0.1) is 0 Å². The lowest BCUT2D eigenvalue weighted by molar-refractivity contribution is -0.136. The summed E-state index contributed by atoms with van der Waals surface area (Å²) in [7, 11) is 0. The van der Waals surface area contributed by atoms with E-state index < -0.39 is 11.9 Å². The number of rotatable bonds is 5. The maximum Gasteiger partial charge on any atom is 0.255 e. The van der Waals surface area contributed by atoms with Crippen molar-refractivity contribution in [1.82, 2.24) is 20.1 Å². The van der Waals surface area contributed by atoms with Gasteiger partial charge >= 0.3 is 0 Å². The Morgan fingerprint density at radius 2 is 1.91 bits per heavy atom. The minimum Gasteiger partial charge on any atom is -0.393 e. The van der Waals surface area contributed by atoms with Crippen LogP contribution in [0.5, 0.6) is 0 Å². The second-order valence-corrected chi connectivity index (χ2v) is 9.68. The van der Waals surface area contributed by atoms with Gasteiger partial charge in [0.25, 0.3) is 5.91 Å². The lowest BCUT2D eigenvalue weighted by Gasteiger charge is -2.33. The first-order chi connectivity index (χ1) is 16.4. The number of likely N-dealkylation sites (tertiary alicyclic amines) is 1. The molecule has 0 radical (unpaired) electrons. The molecule has 0 spiro atoms. The highest BCUT2D eigenvalue weighted by Crippen LogP contribution is 2.31. The summed E-state index contributed by atoms with van der Waals surface area (Å²) in [5, 5.41) is 12.2. The summed E-state index contributed by atoms with van der Waals surface area (Å²) in [5.74, 6) is -0.466. The van der Waals surface area contributed by atoms with Gasteiger partial charge in [0, 0.05) is 36.8 Å². The molecular formula is C26H30N4O4. The Kier molecular flexibility index (Phi) is 6.18. The number of nitrogens with one attached hydrogen (secondary N) is 1. The number of carbonyl (C=O) groups is 3. The van der Waals surface area contributed by atoms with E-state index >= 15 is 0 Å². The first kappa shape index (κ1) is 22.7. The van der Waals surface area contributed by atoms with Gasteiger partial charge < -0.3 is 10.0 Å². The van der Waals surface area contributed by atoms with Crippen LogP contribution in [0, 0.1) is 5.92 Å². The molecular weight excluding hydrogens is 432 g/mol. The monoisotopic (exact) mass is 462 g/mol. The number of hydrogen-bond donors (Lipinski definition) is 2. The van der Waals surface area contributed by atoms with Crippen LogP contribution in [-0.4, -0.2) is 62.8 Å². The predicted molar refractivity (Wildman–Crippen MR) is 125 cm³/mol. The fourth-order valence-corrected chi connectivity index (χ4v) is 5.32. The Bertz CT molecular complexity index is 1120. The van der Waals surface area contributed by atoms with Crippen molar-refractivity contribution in [3.05, 3.63) is 53.2 Å². The van der Waals surface area contributed by atoms with Crippen molar-refractivity contribution in [2.45, 2.75) is 57.8 Å². The SMILES string of the molecule is CC(O)C1CCN(Cc2ccnc(-c3ccc4c(c3)CN(C3CCC(=O)NC3=O)C4=O)c2)CC1. The topological polar surface area (TPSA) is 103 Å². The second kappa shape index (κ2) is 9.27. The van der Waals surface area contributed by atoms with E-state index in [2.05, 4.69) is 21.3 Å². The van der Waals surface area contributed by atoms with Crippen LogP contribution in [0.4, 0.5) is 0 Å². The zero-order valence-electron chi connectivity index (χ0n) is 19.4. The molecule has 178 valence electrons. The molecule has 3 aliphatic rings. The summed E-state index contributed by atoms with van der Waals surface area (Å²) in [4.78, 5) is 45.2. The van der Waals surface area contributed by atoms with E-state index in [9.17, 15) is 19.5 Å². The third-order valence-corrected chi connectivity index (χ3v) is 7.36. The van der Waals surface area contributed by atoms with Crippen molar-refractivity contribution in [2.75, 3.05) is 13.1 Å². The molecule has 3 amide bonds. The quantitative estimate of drug-likeness (QED) is 0.660. The number of pyridine rings is 1. The minimum atomic E-state index is -0.611. The predicted octanol–water partition coefficient (Wildman–Crippen LogP) is 2.10. The van der Waals surface area contributed by atoms with Crippen molar-refractivity contribution in [1.29, 1.82) is 0 Å². The Morgan fingerprint density at radius 1 is 1.12 bits per heavy atom. The molecule has 8 heteroatoms. The van der Waals surface area contributed by atoms with Crippen molar-refractivity contribution >= 4 is 17.7 Å².